The molecule has 2 nitrogen and oxygen atoms in total. The zero-order valence-corrected chi connectivity index (χ0v) is 9.14. The van der Waals surface area contributed by atoms with Crippen LogP contribution in [0, 0.1) is 11.3 Å². The number of nitrogen functional groups attached to an aromatic ring is 1. The van der Waals surface area contributed by atoms with Crippen LogP contribution in [-0.2, 0) is 0 Å². The Labute approximate surface area is 98.9 Å². The van der Waals surface area contributed by atoms with Crippen LogP contribution in [-0.4, -0.2) is 0 Å². The molecule has 0 heterocycles. The van der Waals surface area contributed by atoms with Crippen molar-refractivity contribution in [3.63, 3.8) is 0 Å². The van der Waals surface area contributed by atoms with E-state index in [0.717, 1.165) is 16.2 Å². The van der Waals surface area contributed by atoms with E-state index in [2.05, 4.69) is 18.2 Å². The zero-order chi connectivity index (χ0) is 11.8. The number of nitrogens with zero attached hydrogens (tertiary/aromatic N) is 1. The van der Waals surface area contributed by atoms with E-state index in [9.17, 15) is 0 Å². The van der Waals surface area contributed by atoms with Gasteiger partial charge in [0, 0.05) is 5.39 Å². The normalized spacial score (nSPS) is 10.5. The number of fused-ring (bicyclic) bond motifs is 2. The second-order valence-corrected chi connectivity index (χ2v) is 4.06. The Bertz CT molecular complexity index is 767. The minimum atomic E-state index is 0.535. The summed E-state index contributed by atoms with van der Waals surface area (Å²) < 4.78 is 0. The Hall–Kier alpha value is -2.53. The lowest BCUT2D eigenvalue weighted by molar-refractivity contribution is 1.50. The quantitative estimate of drug-likeness (QED) is 0.464. The van der Waals surface area contributed by atoms with Crippen LogP contribution < -0.4 is 5.73 Å². The zero-order valence-electron chi connectivity index (χ0n) is 9.14. The third-order valence-corrected chi connectivity index (χ3v) is 3.05. The van der Waals surface area contributed by atoms with Gasteiger partial charge in [-0.2, -0.15) is 5.26 Å². The minimum absolute atomic E-state index is 0.535. The maximum atomic E-state index is 8.96. The number of rotatable bonds is 0. The predicted octanol–water partition coefficient (Wildman–Crippen LogP) is 3.45. The molecule has 17 heavy (non-hydrogen) atoms. The van der Waals surface area contributed by atoms with Gasteiger partial charge in [0.05, 0.1) is 11.3 Å². The number of nitriles is 1. The summed E-state index contributed by atoms with van der Waals surface area (Å²) in [5, 5.41) is 13.3. The van der Waals surface area contributed by atoms with Gasteiger partial charge in [0.1, 0.15) is 6.07 Å². The molecular formula is C15H10N2. The Morgan fingerprint density at radius 2 is 1.59 bits per heavy atom. The summed E-state index contributed by atoms with van der Waals surface area (Å²) in [5.41, 5.74) is 7.10. The van der Waals surface area contributed by atoms with Gasteiger partial charge in [0.2, 0.25) is 0 Å². The van der Waals surface area contributed by atoms with Crippen LogP contribution in [0.1, 0.15) is 5.56 Å². The third kappa shape index (κ3) is 1.41. The molecule has 2 N–H and O–H groups in total. The van der Waals surface area contributed by atoms with Crippen LogP contribution in [0.4, 0.5) is 5.69 Å². The molecule has 3 rings (SSSR count). The molecule has 2 heteroatoms. The molecule has 0 radical (unpaired) electrons. The SMILES string of the molecule is N#Cc1ccc2cc3ccccc3cc2c1N. The van der Waals surface area contributed by atoms with Crippen molar-refractivity contribution in [2.24, 2.45) is 0 Å². The summed E-state index contributed by atoms with van der Waals surface area (Å²) in [6, 6.07) is 18.1. The molecule has 80 valence electrons. The molecule has 3 aromatic carbocycles. The van der Waals surface area contributed by atoms with Gasteiger partial charge in [-0.3, -0.25) is 0 Å². The van der Waals surface area contributed by atoms with Crippen LogP contribution in [0.15, 0.2) is 48.5 Å². The van der Waals surface area contributed by atoms with Crippen LogP contribution >= 0.6 is 0 Å². The first-order valence-corrected chi connectivity index (χ1v) is 5.41. The van der Waals surface area contributed by atoms with Crippen molar-refractivity contribution in [1.29, 1.82) is 5.26 Å². The summed E-state index contributed by atoms with van der Waals surface area (Å²) in [5.74, 6) is 0. The van der Waals surface area contributed by atoms with Crippen molar-refractivity contribution in [1.82, 2.24) is 0 Å². The fourth-order valence-corrected chi connectivity index (χ4v) is 2.13. The minimum Gasteiger partial charge on any atom is -0.397 e. The van der Waals surface area contributed by atoms with E-state index in [4.69, 9.17) is 11.0 Å². The molecule has 0 aliphatic heterocycles. The van der Waals surface area contributed by atoms with Gasteiger partial charge >= 0.3 is 0 Å². The molecule has 0 saturated carbocycles. The third-order valence-electron chi connectivity index (χ3n) is 3.05. The van der Waals surface area contributed by atoms with Crippen molar-refractivity contribution in [2.45, 2.75) is 0 Å². The highest BCUT2D eigenvalue weighted by molar-refractivity contribution is 6.04. The van der Waals surface area contributed by atoms with Gasteiger partial charge in [-0.25, -0.2) is 0 Å². The monoisotopic (exact) mass is 218 g/mol. The largest absolute Gasteiger partial charge is 0.397 e. The molecular weight excluding hydrogens is 208 g/mol. The summed E-state index contributed by atoms with van der Waals surface area (Å²) >= 11 is 0. The fraction of sp³-hybridized carbons (Fsp3) is 0. The first kappa shape index (κ1) is 9.68. The average Bonchev–Trinajstić information content (AvgIpc) is 2.37. The van der Waals surface area contributed by atoms with Gasteiger partial charge in [-0.05, 0) is 34.4 Å². The first-order valence-electron chi connectivity index (χ1n) is 5.41. The summed E-state index contributed by atoms with van der Waals surface area (Å²) in [7, 11) is 0. The maximum Gasteiger partial charge on any atom is 0.101 e. The van der Waals surface area contributed by atoms with E-state index in [-0.39, 0.29) is 0 Å². The lowest BCUT2D eigenvalue weighted by Gasteiger charge is -2.06. The van der Waals surface area contributed by atoms with Crippen molar-refractivity contribution in [3.8, 4) is 6.07 Å². The first-order chi connectivity index (χ1) is 8.29. The Kier molecular flexibility index (Phi) is 1.99. The summed E-state index contributed by atoms with van der Waals surface area (Å²) in [4.78, 5) is 0. The molecule has 3 aromatic rings. The number of hydrogen-bond donors (Lipinski definition) is 1. The topological polar surface area (TPSA) is 49.8 Å². The van der Waals surface area contributed by atoms with Crippen molar-refractivity contribution in [2.75, 3.05) is 5.73 Å². The maximum absolute atomic E-state index is 8.96. The summed E-state index contributed by atoms with van der Waals surface area (Å²) in [6.45, 7) is 0. The molecule has 0 spiro atoms. The van der Waals surface area contributed by atoms with E-state index < -0.39 is 0 Å². The number of benzene rings is 3. The molecule has 0 unspecified atom stereocenters. The smallest absolute Gasteiger partial charge is 0.101 e. The average molecular weight is 218 g/mol. The lowest BCUT2D eigenvalue weighted by Crippen LogP contribution is -1.91. The van der Waals surface area contributed by atoms with Gasteiger partial charge < -0.3 is 5.73 Å². The molecule has 0 amide bonds. The second-order valence-electron chi connectivity index (χ2n) is 4.06. The fourth-order valence-electron chi connectivity index (χ4n) is 2.13. The highest BCUT2D eigenvalue weighted by Crippen LogP contribution is 2.28. The molecule has 0 aliphatic carbocycles. The van der Waals surface area contributed by atoms with Gasteiger partial charge in [0.15, 0.2) is 0 Å². The lowest BCUT2D eigenvalue weighted by atomic mass is 10.0. The van der Waals surface area contributed by atoms with E-state index in [1.807, 2.05) is 30.3 Å². The Morgan fingerprint density at radius 3 is 2.29 bits per heavy atom. The summed E-state index contributed by atoms with van der Waals surface area (Å²) in [6.07, 6.45) is 0. The predicted molar refractivity (Wildman–Crippen MR) is 70.6 cm³/mol. The number of nitrogens with two attached hydrogens (primary N) is 1. The van der Waals surface area contributed by atoms with Gasteiger partial charge in [0.25, 0.3) is 0 Å². The number of hydrogen-bond acceptors (Lipinski definition) is 2. The standard InChI is InChI=1S/C15H10N2/c16-9-13-6-5-12-7-10-3-1-2-4-11(10)8-14(12)15(13)17/h1-8H,17H2. The second kappa shape index (κ2) is 3.50. The highest BCUT2D eigenvalue weighted by atomic mass is 14.6. The molecule has 0 saturated heterocycles. The van der Waals surface area contributed by atoms with Crippen molar-refractivity contribution in [3.05, 3.63) is 54.1 Å². The van der Waals surface area contributed by atoms with Gasteiger partial charge in [-0.1, -0.05) is 30.3 Å². The molecule has 0 atom stereocenters. The number of anilines is 1. The Morgan fingerprint density at radius 1 is 0.882 bits per heavy atom. The molecule has 0 fully saturated rings. The van der Waals surface area contributed by atoms with E-state index >= 15 is 0 Å². The van der Waals surface area contributed by atoms with E-state index in [0.29, 0.717) is 11.3 Å². The van der Waals surface area contributed by atoms with Crippen LogP contribution in [0.5, 0.6) is 0 Å². The van der Waals surface area contributed by atoms with E-state index in [1.165, 1.54) is 5.39 Å². The van der Waals surface area contributed by atoms with Gasteiger partial charge in [-0.15, -0.1) is 0 Å². The molecule has 0 bridgehead atoms. The Balaban J connectivity index is 2.49. The van der Waals surface area contributed by atoms with E-state index in [1.54, 1.807) is 6.07 Å². The van der Waals surface area contributed by atoms with Crippen LogP contribution in [0.2, 0.25) is 0 Å². The van der Waals surface area contributed by atoms with Crippen molar-refractivity contribution >= 4 is 27.2 Å². The van der Waals surface area contributed by atoms with Crippen LogP contribution in [0.25, 0.3) is 21.5 Å². The highest BCUT2D eigenvalue weighted by Gasteiger charge is 2.05. The van der Waals surface area contributed by atoms with Crippen LogP contribution in [0.3, 0.4) is 0 Å². The van der Waals surface area contributed by atoms with Crippen molar-refractivity contribution < 1.29 is 0 Å². The molecule has 0 aromatic heterocycles. The molecule has 0 aliphatic rings.